The molecule has 0 amide bonds. The summed E-state index contributed by atoms with van der Waals surface area (Å²) in [6.45, 7) is 4.88. The van der Waals surface area contributed by atoms with E-state index >= 15 is 0 Å². The summed E-state index contributed by atoms with van der Waals surface area (Å²) in [5, 5.41) is 10.1. The first kappa shape index (κ1) is 18.9. The molecule has 0 atom stereocenters. The first-order valence-electron chi connectivity index (χ1n) is 8.79. The highest BCUT2D eigenvalue weighted by molar-refractivity contribution is 7.15. The van der Waals surface area contributed by atoms with E-state index in [1.54, 1.807) is 0 Å². The van der Waals surface area contributed by atoms with Crippen molar-refractivity contribution < 1.29 is 19.4 Å². The number of benzene rings is 2. The van der Waals surface area contributed by atoms with E-state index in [9.17, 15) is 9.90 Å². The van der Waals surface area contributed by atoms with Gasteiger partial charge in [0.15, 0.2) is 11.5 Å². The van der Waals surface area contributed by atoms with Gasteiger partial charge in [-0.1, -0.05) is 30.3 Å². The van der Waals surface area contributed by atoms with Crippen molar-refractivity contribution in [3.05, 3.63) is 53.4 Å². The number of ether oxygens (including phenoxy) is 2. The molecule has 6 heteroatoms. The number of hydrogen-bond donors (Lipinski definition) is 1. The molecule has 1 N–H and O–H groups in total. The van der Waals surface area contributed by atoms with Gasteiger partial charge in [-0.25, -0.2) is 4.98 Å². The maximum absolute atomic E-state index is 11.3. The number of thiazole rings is 1. The summed E-state index contributed by atoms with van der Waals surface area (Å²) < 4.78 is 11.3. The molecule has 0 unspecified atom stereocenters. The Hall–Kier alpha value is -2.86. The van der Waals surface area contributed by atoms with Gasteiger partial charge in [0.2, 0.25) is 0 Å². The van der Waals surface area contributed by atoms with E-state index < -0.39 is 5.97 Å². The fraction of sp³-hybridized carbons (Fsp3) is 0.238. The van der Waals surface area contributed by atoms with Crippen LogP contribution in [0.2, 0.25) is 0 Å². The van der Waals surface area contributed by atoms with Crippen LogP contribution in [0.3, 0.4) is 0 Å². The second-order valence-corrected chi connectivity index (χ2v) is 6.84. The van der Waals surface area contributed by atoms with Crippen LogP contribution in [0.15, 0.2) is 48.5 Å². The van der Waals surface area contributed by atoms with Gasteiger partial charge in [0, 0.05) is 16.0 Å². The lowest BCUT2D eigenvalue weighted by Gasteiger charge is -2.12. The lowest BCUT2D eigenvalue weighted by molar-refractivity contribution is -0.136. The molecule has 0 spiro atoms. The van der Waals surface area contributed by atoms with Crippen molar-refractivity contribution in [3.8, 4) is 33.3 Å². The van der Waals surface area contributed by atoms with Crippen LogP contribution in [0.5, 0.6) is 11.5 Å². The van der Waals surface area contributed by atoms with Gasteiger partial charge >= 0.3 is 5.97 Å². The minimum Gasteiger partial charge on any atom is -0.490 e. The molecule has 3 rings (SSSR count). The molecule has 0 saturated carbocycles. The van der Waals surface area contributed by atoms with E-state index in [1.165, 1.54) is 11.3 Å². The van der Waals surface area contributed by atoms with Gasteiger partial charge in [0.1, 0.15) is 5.01 Å². The number of hydrogen-bond acceptors (Lipinski definition) is 5. The SMILES string of the molecule is CCOc1ccc(-c2nc(-c3ccccc3)sc2CC(=O)O)cc1OCC. The van der Waals surface area contributed by atoms with Gasteiger partial charge < -0.3 is 14.6 Å². The average molecular weight is 383 g/mol. The Morgan fingerprint density at radius 3 is 2.37 bits per heavy atom. The largest absolute Gasteiger partial charge is 0.490 e. The Kier molecular flexibility index (Phi) is 6.08. The van der Waals surface area contributed by atoms with Crippen LogP contribution in [-0.2, 0) is 11.2 Å². The van der Waals surface area contributed by atoms with Crippen LogP contribution in [0.4, 0.5) is 0 Å². The first-order valence-corrected chi connectivity index (χ1v) is 9.61. The lowest BCUT2D eigenvalue weighted by atomic mass is 10.1. The standard InChI is InChI=1S/C21H21NO4S/c1-3-25-16-11-10-15(12-17(16)26-4-2)20-18(13-19(23)24)27-21(22-20)14-8-6-5-7-9-14/h5-12H,3-4,13H2,1-2H3,(H,23,24). The summed E-state index contributed by atoms with van der Waals surface area (Å²) in [6.07, 6.45) is -0.0724. The number of carboxylic acids is 1. The van der Waals surface area contributed by atoms with Gasteiger partial charge in [-0.05, 0) is 32.0 Å². The molecule has 27 heavy (non-hydrogen) atoms. The Morgan fingerprint density at radius 2 is 1.70 bits per heavy atom. The normalized spacial score (nSPS) is 10.6. The zero-order chi connectivity index (χ0) is 19.2. The third-order valence-electron chi connectivity index (χ3n) is 3.85. The lowest BCUT2D eigenvalue weighted by Crippen LogP contribution is -2.01. The molecule has 0 fully saturated rings. The van der Waals surface area contributed by atoms with E-state index in [-0.39, 0.29) is 6.42 Å². The van der Waals surface area contributed by atoms with Crippen molar-refractivity contribution in [1.82, 2.24) is 4.98 Å². The van der Waals surface area contributed by atoms with Crippen molar-refractivity contribution in [2.24, 2.45) is 0 Å². The second kappa shape index (κ2) is 8.68. The highest BCUT2D eigenvalue weighted by Gasteiger charge is 2.18. The van der Waals surface area contributed by atoms with Crippen molar-refractivity contribution in [2.45, 2.75) is 20.3 Å². The number of aliphatic carboxylic acids is 1. The monoisotopic (exact) mass is 383 g/mol. The van der Waals surface area contributed by atoms with Crippen LogP contribution in [0.25, 0.3) is 21.8 Å². The zero-order valence-corrected chi connectivity index (χ0v) is 16.1. The number of rotatable bonds is 8. The van der Waals surface area contributed by atoms with Crippen LogP contribution >= 0.6 is 11.3 Å². The minimum atomic E-state index is -0.879. The summed E-state index contributed by atoms with van der Waals surface area (Å²) in [6, 6.07) is 15.4. The van der Waals surface area contributed by atoms with E-state index in [0.717, 1.165) is 16.1 Å². The van der Waals surface area contributed by atoms with Gasteiger partial charge in [0.05, 0.1) is 25.3 Å². The highest BCUT2D eigenvalue weighted by Crippen LogP contribution is 2.38. The molecular formula is C21H21NO4S. The predicted octanol–water partition coefficient (Wildman–Crippen LogP) is 4.90. The van der Waals surface area contributed by atoms with Gasteiger partial charge in [-0.3, -0.25) is 4.79 Å². The maximum Gasteiger partial charge on any atom is 0.308 e. The third kappa shape index (κ3) is 4.46. The number of nitrogens with zero attached hydrogens (tertiary/aromatic N) is 1. The molecule has 2 aromatic carbocycles. The molecule has 0 aliphatic heterocycles. The topological polar surface area (TPSA) is 68.7 Å². The fourth-order valence-electron chi connectivity index (χ4n) is 2.74. The van der Waals surface area contributed by atoms with Crippen LogP contribution in [0, 0.1) is 0 Å². The van der Waals surface area contributed by atoms with Crippen molar-refractivity contribution in [1.29, 1.82) is 0 Å². The molecule has 1 aromatic heterocycles. The van der Waals surface area contributed by atoms with Gasteiger partial charge in [-0.15, -0.1) is 11.3 Å². The van der Waals surface area contributed by atoms with E-state index in [1.807, 2.05) is 62.4 Å². The molecule has 0 bridgehead atoms. The summed E-state index contributed by atoms with van der Waals surface area (Å²) in [5.74, 6) is 0.421. The fourth-order valence-corrected chi connectivity index (χ4v) is 3.82. The molecule has 0 aliphatic rings. The molecular weight excluding hydrogens is 362 g/mol. The minimum absolute atomic E-state index is 0.0724. The summed E-state index contributed by atoms with van der Waals surface area (Å²) in [4.78, 5) is 16.8. The molecule has 0 aliphatic carbocycles. The molecule has 3 aromatic rings. The Morgan fingerprint density at radius 1 is 1.00 bits per heavy atom. The third-order valence-corrected chi connectivity index (χ3v) is 4.95. The summed E-state index contributed by atoms with van der Waals surface area (Å²) in [7, 11) is 0. The van der Waals surface area contributed by atoms with E-state index in [4.69, 9.17) is 14.5 Å². The van der Waals surface area contributed by atoms with Gasteiger partial charge in [-0.2, -0.15) is 0 Å². The maximum atomic E-state index is 11.3. The van der Waals surface area contributed by atoms with Crippen LogP contribution in [-0.4, -0.2) is 29.3 Å². The molecule has 0 radical (unpaired) electrons. The molecule has 140 valence electrons. The summed E-state index contributed by atoms with van der Waals surface area (Å²) >= 11 is 1.41. The van der Waals surface area contributed by atoms with Crippen LogP contribution < -0.4 is 9.47 Å². The zero-order valence-electron chi connectivity index (χ0n) is 15.3. The predicted molar refractivity (Wildman–Crippen MR) is 107 cm³/mol. The Labute approximate surface area is 162 Å². The smallest absolute Gasteiger partial charge is 0.308 e. The quantitative estimate of drug-likeness (QED) is 0.599. The Balaban J connectivity index is 2.07. The molecule has 1 heterocycles. The summed E-state index contributed by atoms with van der Waals surface area (Å²) in [5.41, 5.74) is 2.46. The molecule has 5 nitrogen and oxygen atoms in total. The highest BCUT2D eigenvalue weighted by atomic mass is 32.1. The second-order valence-electron chi connectivity index (χ2n) is 5.75. The van der Waals surface area contributed by atoms with Crippen molar-refractivity contribution >= 4 is 17.3 Å². The van der Waals surface area contributed by atoms with Crippen LogP contribution in [0.1, 0.15) is 18.7 Å². The van der Waals surface area contributed by atoms with Gasteiger partial charge in [0.25, 0.3) is 0 Å². The number of aromatic nitrogens is 1. The number of carboxylic acid groups (broad SMARTS) is 1. The van der Waals surface area contributed by atoms with Crippen molar-refractivity contribution in [3.63, 3.8) is 0 Å². The Bertz CT molecular complexity index is 921. The first-order chi connectivity index (χ1) is 13.1. The van der Waals surface area contributed by atoms with E-state index in [2.05, 4.69) is 0 Å². The average Bonchev–Trinajstić information content (AvgIpc) is 3.07. The number of carbonyl (C=O) groups is 1. The van der Waals surface area contributed by atoms with Crippen molar-refractivity contribution in [2.75, 3.05) is 13.2 Å². The van der Waals surface area contributed by atoms with E-state index in [0.29, 0.717) is 35.3 Å². The molecule has 0 saturated heterocycles.